The number of nitrogens with zero attached hydrogens (tertiary/aromatic N) is 1. The fourth-order valence-electron chi connectivity index (χ4n) is 4.92. The van der Waals surface area contributed by atoms with E-state index in [-0.39, 0.29) is 52.2 Å². The van der Waals surface area contributed by atoms with Crippen LogP contribution in [0.25, 0.3) is 0 Å². The van der Waals surface area contributed by atoms with E-state index in [4.69, 9.17) is 11.6 Å². The lowest BCUT2D eigenvalue weighted by Crippen LogP contribution is -2.45. The number of rotatable bonds is 8. The first-order valence-corrected chi connectivity index (χ1v) is 13.4. The van der Waals surface area contributed by atoms with Crippen molar-refractivity contribution in [3.63, 3.8) is 0 Å². The smallest absolute Gasteiger partial charge is 0.389 e. The highest BCUT2D eigenvalue weighted by atomic mass is 35.5. The summed E-state index contributed by atoms with van der Waals surface area (Å²) in [6, 6.07) is 6.64. The molecule has 0 spiro atoms. The molecule has 0 radical (unpaired) electrons. The van der Waals surface area contributed by atoms with Gasteiger partial charge in [-0.2, -0.15) is 13.2 Å². The minimum atomic E-state index is -4.93. The zero-order chi connectivity index (χ0) is 32.1. The van der Waals surface area contributed by atoms with E-state index in [1.165, 1.54) is 45.9 Å². The average molecular weight is 626 g/mol. The van der Waals surface area contributed by atoms with E-state index in [0.717, 1.165) is 12.1 Å². The number of carbonyl (C=O) groups excluding carboxylic acids is 2. The van der Waals surface area contributed by atoms with Gasteiger partial charge in [-0.25, -0.2) is 8.78 Å². The topological polar surface area (TPSA) is 102 Å². The van der Waals surface area contributed by atoms with Crippen LogP contribution in [0, 0.1) is 11.6 Å². The molecule has 3 aromatic carbocycles. The summed E-state index contributed by atoms with van der Waals surface area (Å²) in [6.07, 6.45) is -4.93. The van der Waals surface area contributed by atoms with Gasteiger partial charge >= 0.3 is 6.18 Å². The Hall–Kier alpha value is -3.74. The van der Waals surface area contributed by atoms with Crippen LogP contribution in [0.5, 0.6) is 0 Å². The third-order valence-corrected chi connectivity index (χ3v) is 6.84. The van der Waals surface area contributed by atoms with Gasteiger partial charge in [0.2, 0.25) is 0 Å². The minimum absolute atomic E-state index is 0.0184. The van der Waals surface area contributed by atoms with Gasteiger partial charge in [-0.05, 0) is 76.2 Å². The molecule has 1 atom stereocenters. The SMILES string of the molecule is CC(C)(O)CN(CC(C)(C)O)c1cc(NC(=O)c2cc(F)cc(C(F)(F)F)c2)c2c(c1)C(=O)NC2c1cc(F)ccc1Cl. The molecular formula is C30H29ClF5N3O4. The van der Waals surface area contributed by atoms with Crippen LogP contribution in [-0.4, -0.2) is 46.3 Å². The molecule has 230 valence electrons. The lowest BCUT2D eigenvalue weighted by atomic mass is 9.94. The number of hydrogen-bond acceptors (Lipinski definition) is 5. The van der Waals surface area contributed by atoms with Gasteiger partial charge in [-0.1, -0.05) is 11.6 Å². The van der Waals surface area contributed by atoms with Crippen molar-refractivity contribution >= 4 is 34.8 Å². The summed E-state index contributed by atoms with van der Waals surface area (Å²) in [5.74, 6) is -3.70. The van der Waals surface area contributed by atoms with Gasteiger partial charge < -0.3 is 25.7 Å². The van der Waals surface area contributed by atoms with E-state index in [2.05, 4.69) is 10.6 Å². The highest BCUT2D eigenvalue weighted by Gasteiger charge is 2.37. The van der Waals surface area contributed by atoms with E-state index < -0.39 is 58.0 Å². The van der Waals surface area contributed by atoms with Crippen molar-refractivity contribution < 1.29 is 41.8 Å². The first-order valence-electron chi connectivity index (χ1n) is 13.0. The average Bonchev–Trinajstić information content (AvgIpc) is 3.19. The summed E-state index contributed by atoms with van der Waals surface area (Å²) in [7, 11) is 0. The lowest BCUT2D eigenvalue weighted by molar-refractivity contribution is -0.137. The number of amides is 2. The summed E-state index contributed by atoms with van der Waals surface area (Å²) in [5, 5.41) is 26.4. The van der Waals surface area contributed by atoms with Crippen molar-refractivity contribution in [2.75, 3.05) is 23.3 Å². The number of fused-ring (bicyclic) bond motifs is 1. The fraction of sp³-hybridized carbons (Fsp3) is 0.333. The standard InChI is InChI=1S/C30H29ClF5N3O4/c1-28(2,42)13-39(14-29(3,4)43)19-11-21-24(25(38-27(21)41)20-10-17(32)5-6-22(20)31)23(12-19)37-26(40)15-7-16(30(34,35)36)9-18(33)8-15/h5-12,25,42-43H,13-14H2,1-4H3,(H,37,40)(H,38,41). The van der Waals surface area contributed by atoms with Crippen molar-refractivity contribution in [1.29, 1.82) is 0 Å². The Morgan fingerprint density at radius 3 is 2.16 bits per heavy atom. The Labute approximate surface area is 249 Å². The van der Waals surface area contributed by atoms with Gasteiger partial charge in [0, 0.05) is 51.7 Å². The van der Waals surface area contributed by atoms with E-state index >= 15 is 0 Å². The maximum Gasteiger partial charge on any atom is 0.416 e. The second-order valence-electron chi connectivity index (χ2n) is 11.7. The predicted octanol–water partition coefficient (Wildman–Crippen LogP) is 6.07. The van der Waals surface area contributed by atoms with E-state index in [1.54, 1.807) is 4.90 Å². The number of anilines is 2. The Balaban J connectivity index is 1.91. The van der Waals surface area contributed by atoms with Crippen molar-refractivity contribution in [3.05, 3.63) is 93.0 Å². The molecular weight excluding hydrogens is 597 g/mol. The third kappa shape index (κ3) is 7.62. The lowest BCUT2D eigenvalue weighted by Gasteiger charge is -2.35. The maximum atomic E-state index is 14.2. The van der Waals surface area contributed by atoms with Crippen molar-refractivity contribution in [3.8, 4) is 0 Å². The normalized spacial score (nSPS) is 15.3. The van der Waals surface area contributed by atoms with E-state index in [9.17, 15) is 41.8 Å². The second-order valence-corrected chi connectivity index (χ2v) is 12.1. The molecule has 0 bridgehead atoms. The van der Waals surface area contributed by atoms with Gasteiger partial charge in [0.25, 0.3) is 11.8 Å². The summed E-state index contributed by atoms with van der Waals surface area (Å²) in [6.45, 7) is 6.02. The fourth-order valence-corrected chi connectivity index (χ4v) is 5.15. The molecule has 1 aliphatic heterocycles. The Kier molecular flexibility index (Phi) is 8.53. The van der Waals surface area contributed by atoms with Crippen LogP contribution in [-0.2, 0) is 6.18 Å². The number of halogens is 6. The Morgan fingerprint density at radius 1 is 0.953 bits per heavy atom. The van der Waals surface area contributed by atoms with Gasteiger partial charge in [0.05, 0.1) is 22.8 Å². The van der Waals surface area contributed by atoms with Crippen molar-refractivity contribution in [2.24, 2.45) is 0 Å². The molecule has 0 saturated heterocycles. The number of aliphatic hydroxyl groups is 2. The Morgan fingerprint density at radius 2 is 1.58 bits per heavy atom. The molecule has 3 aromatic rings. The number of carbonyl (C=O) groups is 2. The first-order chi connectivity index (χ1) is 19.7. The molecule has 43 heavy (non-hydrogen) atoms. The summed E-state index contributed by atoms with van der Waals surface area (Å²) in [5.41, 5.74) is -4.12. The predicted molar refractivity (Wildman–Crippen MR) is 151 cm³/mol. The van der Waals surface area contributed by atoms with Crippen LogP contribution in [0.2, 0.25) is 5.02 Å². The molecule has 4 N–H and O–H groups in total. The highest BCUT2D eigenvalue weighted by molar-refractivity contribution is 6.31. The number of nitrogens with one attached hydrogen (secondary N) is 2. The monoisotopic (exact) mass is 625 g/mol. The molecule has 13 heteroatoms. The summed E-state index contributed by atoms with van der Waals surface area (Å²) in [4.78, 5) is 28.1. The van der Waals surface area contributed by atoms with Gasteiger partial charge in [-0.15, -0.1) is 0 Å². The minimum Gasteiger partial charge on any atom is -0.389 e. The molecule has 0 saturated carbocycles. The van der Waals surface area contributed by atoms with Crippen LogP contribution < -0.4 is 15.5 Å². The van der Waals surface area contributed by atoms with E-state index in [0.29, 0.717) is 12.1 Å². The van der Waals surface area contributed by atoms with Crippen LogP contribution in [0.15, 0.2) is 48.5 Å². The molecule has 7 nitrogen and oxygen atoms in total. The van der Waals surface area contributed by atoms with Crippen LogP contribution >= 0.6 is 11.6 Å². The van der Waals surface area contributed by atoms with E-state index in [1.807, 2.05) is 0 Å². The third-order valence-electron chi connectivity index (χ3n) is 6.50. The molecule has 1 heterocycles. The molecule has 0 aliphatic carbocycles. The molecule has 1 unspecified atom stereocenters. The maximum absolute atomic E-state index is 14.2. The quantitative estimate of drug-likeness (QED) is 0.228. The molecule has 1 aliphatic rings. The zero-order valence-corrected chi connectivity index (χ0v) is 24.3. The zero-order valence-electron chi connectivity index (χ0n) is 23.5. The largest absolute Gasteiger partial charge is 0.416 e. The van der Waals surface area contributed by atoms with Crippen LogP contribution in [0.4, 0.5) is 33.3 Å². The highest BCUT2D eigenvalue weighted by Crippen LogP contribution is 2.42. The number of alkyl halides is 3. The Bertz CT molecular complexity index is 1570. The number of hydrogen-bond donors (Lipinski definition) is 4. The molecule has 2 amide bonds. The van der Waals surface area contributed by atoms with Crippen LogP contribution in [0.3, 0.4) is 0 Å². The molecule has 0 aromatic heterocycles. The summed E-state index contributed by atoms with van der Waals surface area (Å²) < 4.78 is 68.4. The van der Waals surface area contributed by atoms with Crippen LogP contribution in [0.1, 0.15) is 71.1 Å². The van der Waals surface area contributed by atoms with Crippen molar-refractivity contribution in [1.82, 2.24) is 5.32 Å². The first kappa shape index (κ1) is 32.2. The summed E-state index contributed by atoms with van der Waals surface area (Å²) >= 11 is 6.33. The molecule has 0 fully saturated rings. The van der Waals surface area contributed by atoms with Gasteiger partial charge in [-0.3, -0.25) is 9.59 Å². The number of benzene rings is 3. The second kappa shape index (κ2) is 11.4. The van der Waals surface area contributed by atoms with Gasteiger partial charge in [0.1, 0.15) is 11.6 Å². The van der Waals surface area contributed by atoms with Gasteiger partial charge in [0.15, 0.2) is 0 Å². The molecule has 4 rings (SSSR count). The van der Waals surface area contributed by atoms with Crippen molar-refractivity contribution in [2.45, 2.75) is 51.1 Å².